The molecule has 0 aromatic heterocycles. The second-order valence-corrected chi connectivity index (χ2v) is 6.03. The molecule has 3 N–H and O–H groups in total. The van der Waals surface area contributed by atoms with E-state index >= 15 is 0 Å². The van der Waals surface area contributed by atoms with Crippen LogP contribution in [-0.2, 0) is 0 Å². The minimum absolute atomic E-state index is 0.0934. The molecular weight excluding hydrogens is 338 g/mol. The summed E-state index contributed by atoms with van der Waals surface area (Å²) in [5, 5.41) is 2.42. The molecular formula is C12H13BrF2N2OS. The van der Waals surface area contributed by atoms with Gasteiger partial charge in [0.15, 0.2) is 0 Å². The monoisotopic (exact) mass is 350 g/mol. The number of nitrogens with two attached hydrogens (primary N) is 1. The van der Waals surface area contributed by atoms with E-state index in [0.29, 0.717) is 0 Å². The van der Waals surface area contributed by atoms with Crippen molar-refractivity contribution < 1.29 is 13.6 Å². The lowest BCUT2D eigenvalue weighted by molar-refractivity contribution is 0.0936. The van der Waals surface area contributed by atoms with Gasteiger partial charge in [-0.1, -0.05) is 42.0 Å². The number of amides is 1. The van der Waals surface area contributed by atoms with Gasteiger partial charge in [0.25, 0.3) is 5.91 Å². The van der Waals surface area contributed by atoms with Crippen molar-refractivity contribution in [3.8, 4) is 0 Å². The van der Waals surface area contributed by atoms with E-state index in [1.54, 1.807) is 13.8 Å². The fourth-order valence-corrected chi connectivity index (χ4v) is 1.71. The van der Waals surface area contributed by atoms with E-state index in [4.69, 9.17) is 18.0 Å². The molecule has 0 aliphatic heterocycles. The third kappa shape index (κ3) is 3.94. The molecule has 1 rings (SSSR count). The molecule has 0 radical (unpaired) electrons. The summed E-state index contributed by atoms with van der Waals surface area (Å²) >= 11 is 7.78. The Morgan fingerprint density at radius 3 is 2.32 bits per heavy atom. The van der Waals surface area contributed by atoms with Crippen molar-refractivity contribution >= 4 is 39.0 Å². The van der Waals surface area contributed by atoms with Crippen LogP contribution >= 0.6 is 28.1 Å². The summed E-state index contributed by atoms with van der Waals surface area (Å²) in [6, 6.07) is 2.05. The van der Waals surface area contributed by atoms with E-state index in [0.717, 1.165) is 12.1 Å². The fraction of sp³-hybridized carbons (Fsp3) is 0.333. The zero-order valence-corrected chi connectivity index (χ0v) is 12.8. The van der Waals surface area contributed by atoms with Crippen molar-refractivity contribution in [2.75, 3.05) is 6.54 Å². The average Bonchev–Trinajstić information content (AvgIpc) is 2.24. The first-order valence-corrected chi connectivity index (χ1v) is 6.58. The smallest absolute Gasteiger partial charge is 0.257 e. The highest BCUT2D eigenvalue weighted by atomic mass is 79.9. The molecule has 0 bridgehead atoms. The zero-order chi connectivity index (χ0) is 14.8. The van der Waals surface area contributed by atoms with E-state index in [1.807, 2.05) is 0 Å². The number of hydrogen-bond donors (Lipinski definition) is 2. The Bertz CT molecular complexity index is 511. The largest absolute Gasteiger partial charge is 0.393 e. The molecule has 0 aliphatic carbocycles. The lowest BCUT2D eigenvalue weighted by atomic mass is 9.93. The molecule has 0 atom stereocenters. The van der Waals surface area contributed by atoms with Gasteiger partial charge in [-0.05, 0) is 12.1 Å². The van der Waals surface area contributed by atoms with Crippen LogP contribution in [0, 0.1) is 17.0 Å². The summed E-state index contributed by atoms with van der Waals surface area (Å²) in [4.78, 5) is 12.0. The maximum atomic E-state index is 13.6. The predicted molar refractivity (Wildman–Crippen MR) is 77.0 cm³/mol. The Morgan fingerprint density at radius 2 is 1.89 bits per heavy atom. The lowest BCUT2D eigenvalue weighted by Gasteiger charge is -2.23. The Labute approximate surface area is 123 Å². The fourth-order valence-electron chi connectivity index (χ4n) is 1.24. The molecule has 1 aromatic rings. The third-order valence-electron chi connectivity index (χ3n) is 2.59. The van der Waals surface area contributed by atoms with Gasteiger partial charge >= 0.3 is 0 Å². The molecule has 0 fully saturated rings. The molecule has 104 valence electrons. The number of carbonyl (C=O) groups excluding carboxylic acids is 1. The van der Waals surface area contributed by atoms with Gasteiger partial charge in [0.05, 0.1) is 4.99 Å². The van der Waals surface area contributed by atoms with Crippen LogP contribution in [0.4, 0.5) is 8.78 Å². The standard InChI is InChI=1S/C12H13BrF2N2OS/c1-12(2,11(16)19)5-17-10(18)9-7(14)3-6(13)4-8(9)15/h3-4H,5H2,1-2H3,(H2,16,19)(H,17,18). The molecule has 0 aliphatic rings. The maximum Gasteiger partial charge on any atom is 0.257 e. The number of carbonyl (C=O) groups is 1. The first-order chi connectivity index (χ1) is 8.65. The summed E-state index contributed by atoms with van der Waals surface area (Å²) in [6.07, 6.45) is 0. The van der Waals surface area contributed by atoms with Crippen molar-refractivity contribution in [1.82, 2.24) is 5.32 Å². The van der Waals surface area contributed by atoms with Crippen LogP contribution in [0.2, 0.25) is 0 Å². The Balaban J connectivity index is 2.89. The van der Waals surface area contributed by atoms with Crippen molar-refractivity contribution in [2.24, 2.45) is 11.1 Å². The molecule has 1 amide bonds. The van der Waals surface area contributed by atoms with Gasteiger partial charge in [0.2, 0.25) is 0 Å². The van der Waals surface area contributed by atoms with Crippen molar-refractivity contribution in [1.29, 1.82) is 0 Å². The zero-order valence-electron chi connectivity index (χ0n) is 10.4. The number of nitrogens with one attached hydrogen (secondary N) is 1. The van der Waals surface area contributed by atoms with E-state index in [1.165, 1.54) is 0 Å². The Kier molecular flexibility index (Phi) is 4.98. The number of benzene rings is 1. The SMILES string of the molecule is CC(C)(CNC(=O)c1c(F)cc(Br)cc1F)C(N)=S. The molecule has 0 unspecified atom stereocenters. The number of rotatable bonds is 4. The van der Waals surface area contributed by atoms with Gasteiger partial charge in [-0.15, -0.1) is 0 Å². The molecule has 3 nitrogen and oxygen atoms in total. The minimum atomic E-state index is -0.933. The topological polar surface area (TPSA) is 55.1 Å². The second-order valence-electron chi connectivity index (χ2n) is 4.68. The summed E-state index contributed by atoms with van der Waals surface area (Å²) in [6.45, 7) is 3.55. The van der Waals surface area contributed by atoms with Gasteiger partial charge in [-0.25, -0.2) is 8.78 Å². The van der Waals surface area contributed by atoms with Crippen LogP contribution in [0.3, 0.4) is 0 Å². The summed E-state index contributed by atoms with van der Waals surface area (Å²) in [5.74, 6) is -2.71. The van der Waals surface area contributed by atoms with Gasteiger partial charge in [0.1, 0.15) is 17.2 Å². The number of thiocarbonyl (C=S) groups is 1. The molecule has 1 aromatic carbocycles. The number of halogens is 3. The maximum absolute atomic E-state index is 13.6. The highest BCUT2D eigenvalue weighted by molar-refractivity contribution is 9.10. The van der Waals surface area contributed by atoms with E-state index in [9.17, 15) is 13.6 Å². The van der Waals surface area contributed by atoms with Crippen LogP contribution in [0.1, 0.15) is 24.2 Å². The normalized spacial score (nSPS) is 11.2. The van der Waals surface area contributed by atoms with Crippen molar-refractivity contribution in [3.63, 3.8) is 0 Å². The first kappa shape index (κ1) is 16.0. The van der Waals surface area contributed by atoms with Crippen molar-refractivity contribution in [3.05, 3.63) is 33.8 Å². The molecule has 0 saturated heterocycles. The predicted octanol–water partition coefficient (Wildman–Crippen LogP) is 2.77. The molecule has 0 saturated carbocycles. The first-order valence-electron chi connectivity index (χ1n) is 5.38. The van der Waals surface area contributed by atoms with Crippen LogP contribution in [-0.4, -0.2) is 17.4 Å². The molecule has 7 heteroatoms. The van der Waals surface area contributed by atoms with Crippen molar-refractivity contribution in [2.45, 2.75) is 13.8 Å². The quantitative estimate of drug-likeness (QED) is 0.821. The lowest BCUT2D eigenvalue weighted by Crippen LogP contribution is -2.41. The van der Waals surface area contributed by atoms with Crippen LogP contribution in [0.25, 0.3) is 0 Å². The summed E-state index contributed by atoms with van der Waals surface area (Å²) in [5.41, 5.74) is 4.25. The molecule has 0 spiro atoms. The van der Waals surface area contributed by atoms with Gasteiger partial charge in [-0.2, -0.15) is 0 Å². The van der Waals surface area contributed by atoms with E-state index in [-0.39, 0.29) is 16.0 Å². The summed E-state index contributed by atoms with van der Waals surface area (Å²) < 4.78 is 27.3. The Hall–Kier alpha value is -1.08. The molecule has 0 heterocycles. The van der Waals surface area contributed by atoms with Crippen LogP contribution in [0.5, 0.6) is 0 Å². The average molecular weight is 351 g/mol. The number of hydrogen-bond acceptors (Lipinski definition) is 2. The highest BCUT2D eigenvalue weighted by Crippen LogP contribution is 2.20. The molecule has 19 heavy (non-hydrogen) atoms. The second kappa shape index (κ2) is 5.92. The van der Waals surface area contributed by atoms with Gasteiger partial charge < -0.3 is 11.1 Å². The van der Waals surface area contributed by atoms with Crippen LogP contribution in [0.15, 0.2) is 16.6 Å². The van der Waals surface area contributed by atoms with Crippen LogP contribution < -0.4 is 11.1 Å². The summed E-state index contributed by atoms with van der Waals surface area (Å²) in [7, 11) is 0. The highest BCUT2D eigenvalue weighted by Gasteiger charge is 2.24. The van der Waals surface area contributed by atoms with E-state index in [2.05, 4.69) is 21.2 Å². The van der Waals surface area contributed by atoms with Gasteiger partial charge in [0, 0.05) is 16.4 Å². The third-order valence-corrected chi connectivity index (χ3v) is 3.60. The Morgan fingerprint density at radius 1 is 1.42 bits per heavy atom. The van der Waals surface area contributed by atoms with Gasteiger partial charge in [-0.3, -0.25) is 4.79 Å². The minimum Gasteiger partial charge on any atom is -0.393 e. The van der Waals surface area contributed by atoms with E-state index < -0.39 is 28.5 Å².